The summed E-state index contributed by atoms with van der Waals surface area (Å²) < 4.78 is 14.9. The summed E-state index contributed by atoms with van der Waals surface area (Å²) in [6.45, 7) is 0.825. The molecule has 0 N–H and O–H groups in total. The number of ether oxygens (including phenoxy) is 1. The molecule has 0 spiro atoms. The van der Waals surface area contributed by atoms with Crippen LogP contribution in [-0.4, -0.2) is 45.1 Å². The molecule has 170 valence electrons. The van der Waals surface area contributed by atoms with Crippen molar-refractivity contribution in [1.82, 2.24) is 45.1 Å². The van der Waals surface area contributed by atoms with Gasteiger partial charge in [0.05, 0.1) is 24.0 Å². The molecule has 0 bridgehead atoms. The van der Waals surface area contributed by atoms with Crippen LogP contribution >= 0.6 is 0 Å². The van der Waals surface area contributed by atoms with Crippen LogP contribution in [-0.2, 0) is 20.2 Å². The van der Waals surface area contributed by atoms with Crippen molar-refractivity contribution in [3.63, 3.8) is 0 Å². The summed E-state index contributed by atoms with van der Waals surface area (Å²) in [5, 5.41) is 19.8. The summed E-state index contributed by atoms with van der Waals surface area (Å²) in [5.41, 5.74) is 4.67. The third kappa shape index (κ3) is 4.15. The Labute approximate surface area is 194 Å². The number of tetrazole rings is 1. The predicted octanol–water partition coefficient (Wildman–Crippen LogP) is 3.02. The lowest BCUT2D eigenvalue weighted by atomic mass is 10.1. The molecule has 4 aromatic heterocycles. The summed E-state index contributed by atoms with van der Waals surface area (Å²) in [7, 11) is 1.85. The fraction of sp³-hybridized carbons (Fsp3) is 0.261. The van der Waals surface area contributed by atoms with Crippen LogP contribution < -0.4 is 4.74 Å². The molecule has 4 heterocycles. The first kappa shape index (κ1) is 20.2. The van der Waals surface area contributed by atoms with E-state index in [0.717, 1.165) is 22.4 Å². The molecule has 0 saturated heterocycles. The SMILES string of the molecule is Cn1ncc(-c2nc(-c3cccc(Cn4cnnn4)c3)no2)c1COc1ccc(C2CC2)cn1. The summed E-state index contributed by atoms with van der Waals surface area (Å²) >= 11 is 0. The standard InChI is InChI=1S/C23H21N9O2/c1-31-20(13-33-21-8-7-18(10-24-21)16-5-6-16)19(11-26-31)23-27-22(28-34-23)17-4-2-3-15(9-17)12-32-14-25-29-30-32/h2-4,7-11,14,16H,5-6,12-13H2,1H3. The van der Waals surface area contributed by atoms with Gasteiger partial charge in [-0.1, -0.05) is 29.4 Å². The van der Waals surface area contributed by atoms with E-state index in [4.69, 9.17) is 9.26 Å². The number of aromatic nitrogens is 9. The zero-order valence-electron chi connectivity index (χ0n) is 18.4. The average molecular weight is 455 g/mol. The first-order valence-electron chi connectivity index (χ1n) is 11.0. The zero-order valence-corrected chi connectivity index (χ0v) is 18.4. The first-order valence-corrected chi connectivity index (χ1v) is 11.0. The predicted molar refractivity (Wildman–Crippen MR) is 119 cm³/mol. The second kappa shape index (κ2) is 8.50. The molecule has 1 aliphatic rings. The lowest BCUT2D eigenvalue weighted by Crippen LogP contribution is -2.05. The van der Waals surface area contributed by atoms with Crippen LogP contribution in [0.15, 0.2) is 59.6 Å². The molecule has 11 nitrogen and oxygen atoms in total. The van der Waals surface area contributed by atoms with Crippen LogP contribution in [0.3, 0.4) is 0 Å². The molecular weight excluding hydrogens is 434 g/mol. The van der Waals surface area contributed by atoms with Crippen molar-refractivity contribution in [2.24, 2.45) is 7.05 Å². The second-order valence-corrected chi connectivity index (χ2v) is 8.25. The van der Waals surface area contributed by atoms with Gasteiger partial charge in [0, 0.05) is 24.9 Å². The molecule has 1 aromatic carbocycles. The highest BCUT2D eigenvalue weighted by Crippen LogP contribution is 2.39. The molecule has 6 rings (SSSR count). The number of aryl methyl sites for hydroxylation is 1. The van der Waals surface area contributed by atoms with Crippen LogP contribution in [0.2, 0.25) is 0 Å². The summed E-state index contributed by atoms with van der Waals surface area (Å²) in [6.07, 6.45) is 7.66. The monoisotopic (exact) mass is 455 g/mol. The molecule has 0 atom stereocenters. The largest absolute Gasteiger partial charge is 0.471 e. The Morgan fingerprint density at radius 1 is 1.15 bits per heavy atom. The second-order valence-electron chi connectivity index (χ2n) is 8.25. The van der Waals surface area contributed by atoms with E-state index in [1.54, 1.807) is 21.9 Å². The van der Waals surface area contributed by atoms with E-state index < -0.39 is 0 Å². The van der Waals surface area contributed by atoms with Crippen LogP contribution in [0.5, 0.6) is 5.88 Å². The molecule has 11 heteroatoms. The summed E-state index contributed by atoms with van der Waals surface area (Å²) in [5.74, 6) is 2.10. The fourth-order valence-electron chi connectivity index (χ4n) is 3.79. The van der Waals surface area contributed by atoms with Gasteiger partial charge in [-0.05, 0) is 46.4 Å². The van der Waals surface area contributed by atoms with Gasteiger partial charge in [0.15, 0.2) is 0 Å². The molecule has 0 unspecified atom stereocenters. The van der Waals surface area contributed by atoms with Crippen molar-refractivity contribution < 1.29 is 9.26 Å². The maximum atomic E-state index is 5.93. The Hall–Kier alpha value is -4.41. The van der Waals surface area contributed by atoms with Gasteiger partial charge in [0.25, 0.3) is 5.89 Å². The number of hydrogen-bond donors (Lipinski definition) is 0. The van der Waals surface area contributed by atoms with Crippen LogP contribution in [0, 0.1) is 0 Å². The summed E-state index contributed by atoms with van der Waals surface area (Å²) in [6, 6.07) is 11.9. The van der Waals surface area contributed by atoms with Gasteiger partial charge in [-0.15, -0.1) is 5.10 Å². The Bertz CT molecular complexity index is 1400. The molecule has 0 amide bonds. The maximum absolute atomic E-state index is 5.93. The number of benzene rings is 1. The van der Waals surface area contributed by atoms with Crippen molar-refractivity contribution in [3.05, 3.63) is 71.9 Å². The van der Waals surface area contributed by atoms with Crippen molar-refractivity contribution in [2.75, 3.05) is 0 Å². The molecule has 5 aromatic rings. The van der Waals surface area contributed by atoms with E-state index in [-0.39, 0.29) is 6.61 Å². The highest BCUT2D eigenvalue weighted by atomic mass is 16.5. The normalized spacial score (nSPS) is 13.3. The van der Waals surface area contributed by atoms with E-state index in [1.165, 1.54) is 18.4 Å². The fourth-order valence-corrected chi connectivity index (χ4v) is 3.79. The van der Waals surface area contributed by atoms with E-state index in [9.17, 15) is 0 Å². The van der Waals surface area contributed by atoms with Crippen molar-refractivity contribution in [2.45, 2.75) is 31.9 Å². The van der Waals surface area contributed by atoms with Gasteiger partial charge >= 0.3 is 0 Å². The minimum Gasteiger partial charge on any atom is -0.471 e. The zero-order chi connectivity index (χ0) is 22.9. The molecule has 1 aliphatic carbocycles. The van der Waals surface area contributed by atoms with Crippen molar-refractivity contribution in [3.8, 4) is 28.7 Å². The van der Waals surface area contributed by atoms with Gasteiger partial charge < -0.3 is 9.26 Å². The minimum absolute atomic E-state index is 0.279. The highest BCUT2D eigenvalue weighted by Gasteiger charge is 2.24. The minimum atomic E-state index is 0.279. The summed E-state index contributed by atoms with van der Waals surface area (Å²) in [4.78, 5) is 9.04. The van der Waals surface area contributed by atoms with Crippen molar-refractivity contribution in [1.29, 1.82) is 0 Å². The Kier molecular flexibility index (Phi) is 5.06. The highest BCUT2D eigenvalue weighted by molar-refractivity contribution is 5.61. The van der Waals surface area contributed by atoms with Gasteiger partial charge in [-0.3, -0.25) is 4.68 Å². The van der Waals surface area contributed by atoms with Crippen LogP contribution in [0.1, 0.15) is 35.6 Å². The van der Waals surface area contributed by atoms with Crippen molar-refractivity contribution >= 4 is 0 Å². The topological polar surface area (TPSA) is 122 Å². The number of hydrogen-bond acceptors (Lipinski definition) is 9. The van der Waals surface area contributed by atoms with Gasteiger partial charge in [0.2, 0.25) is 11.7 Å². The maximum Gasteiger partial charge on any atom is 0.261 e. The van der Waals surface area contributed by atoms with E-state index >= 15 is 0 Å². The third-order valence-electron chi connectivity index (χ3n) is 5.80. The molecule has 0 radical (unpaired) electrons. The number of nitrogens with zero attached hydrogens (tertiary/aromatic N) is 9. The smallest absolute Gasteiger partial charge is 0.261 e. The Balaban J connectivity index is 1.19. The average Bonchev–Trinajstić information content (AvgIpc) is 3.20. The van der Waals surface area contributed by atoms with E-state index in [0.29, 0.717) is 30.1 Å². The van der Waals surface area contributed by atoms with E-state index in [2.05, 4.69) is 41.8 Å². The molecule has 1 fully saturated rings. The Morgan fingerprint density at radius 3 is 2.88 bits per heavy atom. The lowest BCUT2D eigenvalue weighted by molar-refractivity contribution is 0.283. The molecular formula is C23H21N9O2. The van der Waals surface area contributed by atoms with Gasteiger partial charge in [-0.2, -0.15) is 10.1 Å². The van der Waals surface area contributed by atoms with E-state index in [1.807, 2.05) is 43.6 Å². The van der Waals surface area contributed by atoms with Gasteiger partial charge in [-0.25, -0.2) is 9.67 Å². The van der Waals surface area contributed by atoms with Crippen LogP contribution in [0.4, 0.5) is 0 Å². The molecule has 1 saturated carbocycles. The molecule has 34 heavy (non-hydrogen) atoms. The number of rotatable bonds is 8. The van der Waals surface area contributed by atoms with Crippen LogP contribution in [0.25, 0.3) is 22.8 Å². The lowest BCUT2D eigenvalue weighted by Gasteiger charge is -2.07. The third-order valence-corrected chi connectivity index (χ3v) is 5.80. The van der Waals surface area contributed by atoms with Gasteiger partial charge in [0.1, 0.15) is 12.9 Å². The Morgan fingerprint density at radius 2 is 2.09 bits per heavy atom. The first-order chi connectivity index (χ1) is 16.7. The quantitative estimate of drug-likeness (QED) is 0.347. The molecule has 0 aliphatic heterocycles. The number of pyridine rings is 1.